The largest absolute Gasteiger partial charge is 0.481 e. The number of aliphatic carboxylic acids is 1. The summed E-state index contributed by atoms with van der Waals surface area (Å²) in [5.74, 6) is 0.750. The summed E-state index contributed by atoms with van der Waals surface area (Å²) < 4.78 is 0. The molecule has 0 bridgehead atoms. The molecule has 0 aliphatic carbocycles. The van der Waals surface area contributed by atoms with Gasteiger partial charge in [0.05, 0.1) is 5.92 Å². The quantitative estimate of drug-likeness (QED) is 0.857. The molecule has 0 spiro atoms. The maximum atomic E-state index is 10.9. The fourth-order valence-corrected chi connectivity index (χ4v) is 2.20. The van der Waals surface area contributed by atoms with Gasteiger partial charge in [-0.1, -0.05) is 0 Å². The van der Waals surface area contributed by atoms with Gasteiger partial charge in [0.25, 0.3) is 0 Å². The number of carboxylic acid groups (broad SMARTS) is 1. The molecule has 1 N–H and O–H groups in total. The number of rotatable bonds is 3. The Hall–Kier alpha value is -1.85. The van der Waals surface area contributed by atoms with Crippen molar-refractivity contribution in [3.63, 3.8) is 0 Å². The highest BCUT2D eigenvalue weighted by molar-refractivity contribution is 5.71. The molecule has 2 heterocycles. The molecule has 0 unspecified atom stereocenters. The summed E-state index contributed by atoms with van der Waals surface area (Å²) in [4.78, 5) is 23.6. The van der Waals surface area contributed by atoms with Crippen molar-refractivity contribution in [2.24, 2.45) is 5.92 Å². The van der Waals surface area contributed by atoms with Gasteiger partial charge in [-0.05, 0) is 12.8 Å². The van der Waals surface area contributed by atoms with Gasteiger partial charge in [-0.25, -0.2) is 9.97 Å². The van der Waals surface area contributed by atoms with Crippen molar-refractivity contribution in [1.29, 1.82) is 0 Å². The number of aromatic nitrogens is 2. The first kappa shape index (κ1) is 12.6. The molecule has 1 aliphatic heterocycles. The van der Waals surface area contributed by atoms with Crippen molar-refractivity contribution >= 4 is 17.6 Å². The van der Waals surface area contributed by atoms with Crippen LogP contribution in [0.3, 0.4) is 0 Å². The van der Waals surface area contributed by atoms with Crippen LogP contribution in [0, 0.1) is 5.92 Å². The molecule has 1 aliphatic rings. The topological polar surface area (TPSA) is 69.6 Å². The predicted molar refractivity (Wildman–Crippen MR) is 68.9 cm³/mol. The van der Waals surface area contributed by atoms with Crippen LogP contribution >= 0.6 is 0 Å². The molecule has 6 heteroatoms. The lowest BCUT2D eigenvalue weighted by Gasteiger charge is -2.32. The molecule has 0 saturated carbocycles. The van der Waals surface area contributed by atoms with Gasteiger partial charge in [-0.2, -0.15) is 0 Å². The van der Waals surface area contributed by atoms with Crippen molar-refractivity contribution < 1.29 is 9.90 Å². The van der Waals surface area contributed by atoms with Gasteiger partial charge in [-0.15, -0.1) is 0 Å². The average Bonchev–Trinajstić information content (AvgIpc) is 2.39. The Labute approximate surface area is 106 Å². The third-order valence-corrected chi connectivity index (χ3v) is 3.23. The summed E-state index contributed by atoms with van der Waals surface area (Å²) in [6.45, 7) is 1.44. The van der Waals surface area contributed by atoms with Crippen LogP contribution in [0.2, 0.25) is 0 Å². The summed E-state index contributed by atoms with van der Waals surface area (Å²) in [6.07, 6.45) is 4.67. The van der Waals surface area contributed by atoms with Gasteiger partial charge in [-0.3, -0.25) is 4.79 Å². The normalized spacial score (nSPS) is 16.7. The van der Waals surface area contributed by atoms with Crippen LogP contribution in [0.4, 0.5) is 11.6 Å². The summed E-state index contributed by atoms with van der Waals surface area (Å²) in [6, 6.07) is 0. The lowest BCUT2D eigenvalue weighted by Crippen LogP contribution is -2.37. The molecule has 0 amide bonds. The summed E-state index contributed by atoms with van der Waals surface area (Å²) in [7, 11) is 3.86. The Morgan fingerprint density at radius 2 is 1.94 bits per heavy atom. The highest BCUT2D eigenvalue weighted by Crippen LogP contribution is 2.27. The summed E-state index contributed by atoms with van der Waals surface area (Å²) >= 11 is 0. The summed E-state index contributed by atoms with van der Waals surface area (Å²) in [5, 5.41) is 8.98. The fourth-order valence-electron chi connectivity index (χ4n) is 2.20. The van der Waals surface area contributed by atoms with Crippen LogP contribution in [-0.2, 0) is 4.79 Å². The number of carbonyl (C=O) groups is 1. The molecule has 2 rings (SSSR count). The van der Waals surface area contributed by atoms with E-state index in [1.54, 1.807) is 12.4 Å². The second-order valence-corrected chi connectivity index (χ2v) is 4.70. The van der Waals surface area contributed by atoms with Gasteiger partial charge in [0, 0.05) is 39.6 Å². The average molecular weight is 250 g/mol. The van der Waals surface area contributed by atoms with E-state index >= 15 is 0 Å². The number of nitrogens with zero attached hydrogens (tertiary/aromatic N) is 4. The minimum Gasteiger partial charge on any atom is -0.481 e. The molecule has 0 aromatic carbocycles. The third kappa shape index (κ3) is 2.52. The maximum Gasteiger partial charge on any atom is 0.306 e. The van der Waals surface area contributed by atoms with Crippen molar-refractivity contribution in [3.05, 3.63) is 12.4 Å². The monoisotopic (exact) mass is 250 g/mol. The number of hydrogen-bond donors (Lipinski definition) is 1. The van der Waals surface area contributed by atoms with Crippen LogP contribution in [0.15, 0.2) is 12.4 Å². The van der Waals surface area contributed by atoms with E-state index in [4.69, 9.17) is 5.11 Å². The zero-order valence-electron chi connectivity index (χ0n) is 10.7. The van der Waals surface area contributed by atoms with Gasteiger partial charge in [0.15, 0.2) is 11.6 Å². The predicted octanol–water partition coefficient (Wildman–Crippen LogP) is 0.844. The van der Waals surface area contributed by atoms with E-state index < -0.39 is 5.97 Å². The van der Waals surface area contributed by atoms with Crippen molar-refractivity contribution in [3.8, 4) is 0 Å². The molecule has 0 atom stereocenters. The van der Waals surface area contributed by atoms with Crippen molar-refractivity contribution in [2.75, 3.05) is 37.0 Å². The van der Waals surface area contributed by atoms with Crippen LogP contribution in [0.5, 0.6) is 0 Å². The molecular weight excluding hydrogens is 232 g/mol. The zero-order chi connectivity index (χ0) is 13.1. The highest BCUT2D eigenvalue weighted by Gasteiger charge is 2.26. The Bertz CT molecular complexity index is 428. The molecule has 6 nitrogen and oxygen atoms in total. The first-order valence-corrected chi connectivity index (χ1v) is 6.05. The van der Waals surface area contributed by atoms with Gasteiger partial charge >= 0.3 is 5.97 Å². The first-order valence-electron chi connectivity index (χ1n) is 6.05. The highest BCUT2D eigenvalue weighted by atomic mass is 16.4. The van der Waals surface area contributed by atoms with Crippen molar-refractivity contribution in [1.82, 2.24) is 9.97 Å². The van der Waals surface area contributed by atoms with E-state index in [9.17, 15) is 4.79 Å². The van der Waals surface area contributed by atoms with Crippen molar-refractivity contribution in [2.45, 2.75) is 12.8 Å². The Morgan fingerprint density at radius 3 is 2.50 bits per heavy atom. The lowest BCUT2D eigenvalue weighted by molar-refractivity contribution is -0.142. The Morgan fingerprint density at radius 1 is 1.33 bits per heavy atom. The second-order valence-electron chi connectivity index (χ2n) is 4.70. The minimum absolute atomic E-state index is 0.222. The van der Waals surface area contributed by atoms with Gasteiger partial charge < -0.3 is 14.9 Å². The SMILES string of the molecule is CN(C)c1nccnc1N1CCC(C(=O)O)CC1. The van der Waals surface area contributed by atoms with E-state index in [0.29, 0.717) is 12.8 Å². The molecule has 1 aromatic heterocycles. The molecule has 1 aromatic rings. The van der Waals surface area contributed by atoms with Crippen LogP contribution in [-0.4, -0.2) is 48.2 Å². The third-order valence-electron chi connectivity index (χ3n) is 3.23. The van der Waals surface area contributed by atoms with Gasteiger partial charge in [0.1, 0.15) is 0 Å². The fraction of sp³-hybridized carbons (Fsp3) is 0.583. The smallest absolute Gasteiger partial charge is 0.306 e. The standard InChI is InChI=1S/C12H18N4O2/c1-15(2)10-11(14-6-5-13-10)16-7-3-9(4-8-16)12(17)18/h5-6,9H,3-4,7-8H2,1-2H3,(H,17,18). The van der Waals surface area contributed by atoms with E-state index in [2.05, 4.69) is 14.9 Å². The minimum atomic E-state index is -0.693. The van der Waals surface area contributed by atoms with Crippen LogP contribution < -0.4 is 9.80 Å². The maximum absolute atomic E-state index is 10.9. The number of piperidine rings is 1. The Kier molecular flexibility index (Phi) is 3.64. The first-order chi connectivity index (χ1) is 8.59. The van der Waals surface area contributed by atoms with E-state index in [-0.39, 0.29) is 5.92 Å². The van der Waals surface area contributed by atoms with Crippen LogP contribution in [0.25, 0.3) is 0 Å². The number of anilines is 2. The zero-order valence-corrected chi connectivity index (χ0v) is 10.7. The van der Waals surface area contributed by atoms with E-state index in [1.807, 2.05) is 19.0 Å². The van der Waals surface area contributed by atoms with E-state index in [1.165, 1.54) is 0 Å². The second kappa shape index (κ2) is 5.20. The molecule has 1 saturated heterocycles. The van der Waals surface area contributed by atoms with Crippen LogP contribution in [0.1, 0.15) is 12.8 Å². The van der Waals surface area contributed by atoms with Gasteiger partial charge in [0.2, 0.25) is 0 Å². The Balaban J connectivity index is 2.12. The molecule has 98 valence electrons. The number of carboxylic acids is 1. The molecular formula is C12H18N4O2. The molecule has 1 fully saturated rings. The number of hydrogen-bond acceptors (Lipinski definition) is 5. The summed E-state index contributed by atoms with van der Waals surface area (Å²) in [5.41, 5.74) is 0. The lowest BCUT2D eigenvalue weighted by atomic mass is 9.97. The molecule has 18 heavy (non-hydrogen) atoms. The molecule has 0 radical (unpaired) electrons. The van der Waals surface area contributed by atoms with E-state index in [0.717, 1.165) is 24.7 Å².